The zero-order valence-corrected chi connectivity index (χ0v) is 10.9. The number of rotatable bonds is 5. The highest BCUT2D eigenvalue weighted by atomic mass is 35.5. The smallest absolute Gasteiger partial charge is 0.241 e. The van der Waals surface area contributed by atoms with Crippen LogP contribution in [-0.2, 0) is 4.79 Å². The summed E-state index contributed by atoms with van der Waals surface area (Å²) in [5.74, 6) is 0.553. The molecule has 1 aromatic carbocycles. The topological polar surface area (TPSA) is 64.3 Å². The molecule has 0 unspecified atom stereocenters. The number of hydrogen-bond donors (Lipinski definition) is 2. The van der Waals surface area contributed by atoms with Crippen molar-refractivity contribution in [3.05, 3.63) is 24.3 Å². The number of halogens is 1. The molecule has 0 spiro atoms. The van der Waals surface area contributed by atoms with Gasteiger partial charge in [-0.1, -0.05) is 13.0 Å². The standard InChI is InChI=1S/C12H18N2O2.ClH/c1-3-7-16-11-6-4-5-10(8-11)14-12(15)9(2)13;/h4-6,8-9H,3,7,13H2,1-2H3,(H,14,15);1H/t9-;/m0./s1. The van der Waals surface area contributed by atoms with Crippen LogP contribution in [0, 0.1) is 0 Å². The number of anilines is 1. The zero-order chi connectivity index (χ0) is 12.0. The molecule has 5 heteroatoms. The number of hydrogen-bond acceptors (Lipinski definition) is 3. The van der Waals surface area contributed by atoms with Crippen molar-refractivity contribution in [2.24, 2.45) is 5.73 Å². The van der Waals surface area contributed by atoms with E-state index in [4.69, 9.17) is 10.5 Å². The molecule has 0 aliphatic rings. The summed E-state index contributed by atoms with van der Waals surface area (Å²) < 4.78 is 5.46. The molecule has 96 valence electrons. The number of benzene rings is 1. The van der Waals surface area contributed by atoms with Crippen LogP contribution in [0.5, 0.6) is 5.75 Å². The minimum Gasteiger partial charge on any atom is -0.494 e. The van der Waals surface area contributed by atoms with Gasteiger partial charge in [-0.05, 0) is 25.5 Å². The predicted octanol–water partition coefficient (Wildman–Crippen LogP) is 2.18. The first-order valence-electron chi connectivity index (χ1n) is 5.42. The fourth-order valence-electron chi connectivity index (χ4n) is 1.14. The van der Waals surface area contributed by atoms with Crippen molar-refractivity contribution in [2.75, 3.05) is 11.9 Å². The molecular formula is C12H19ClN2O2. The largest absolute Gasteiger partial charge is 0.494 e. The molecule has 0 heterocycles. The van der Waals surface area contributed by atoms with E-state index in [1.54, 1.807) is 19.1 Å². The van der Waals surface area contributed by atoms with Crippen LogP contribution in [0.2, 0.25) is 0 Å². The summed E-state index contributed by atoms with van der Waals surface area (Å²) in [4.78, 5) is 11.4. The van der Waals surface area contributed by atoms with Gasteiger partial charge >= 0.3 is 0 Å². The summed E-state index contributed by atoms with van der Waals surface area (Å²) in [6.45, 7) is 4.36. The van der Waals surface area contributed by atoms with Crippen LogP contribution in [0.3, 0.4) is 0 Å². The van der Waals surface area contributed by atoms with Crippen LogP contribution in [0.15, 0.2) is 24.3 Å². The second-order valence-corrected chi connectivity index (χ2v) is 3.65. The normalized spacial score (nSPS) is 11.2. The SMILES string of the molecule is CCCOc1cccc(NC(=O)[C@H](C)N)c1.Cl. The number of carbonyl (C=O) groups is 1. The third-order valence-corrected chi connectivity index (χ3v) is 1.99. The quantitative estimate of drug-likeness (QED) is 0.851. The summed E-state index contributed by atoms with van der Waals surface area (Å²) in [5, 5.41) is 2.71. The van der Waals surface area contributed by atoms with Gasteiger partial charge in [0.25, 0.3) is 0 Å². The second kappa shape index (κ2) is 7.92. The zero-order valence-electron chi connectivity index (χ0n) is 10.1. The van der Waals surface area contributed by atoms with Gasteiger partial charge in [0.15, 0.2) is 0 Å². The maximum absolute atomic E-state index is 11.4. The maximum Gasteiger partial charge on any atom is 0.241 e. The van der Waals surface area contributed by atoms with E-state index in [2.05, 4.69) is 5.32 Å². The van der Waals surface area contributed by atoms with E-state index in [0.29, 0.717) is 12.3 Å². The van der Waals surface area contributed by atoms with Crippen LogP contribution in [0.4, 0.5) is 5.69 Å². The van der Waals surface area contributed by atoms with Crippen molar-refractivity contribution in [1.82, 2.24) is 0 Å². The predicted molar refractivity (Wildman–Crippen MR) is 71.8 cm³/mol. The van der Waals surface area contributed by atoms with Crippen molar-refractivity contribution in [3.8, 4) is 5.75 Å². The van der Waals surface area contributed by atoms with Gasteiger partial charge in [0, 0.05) is 11.8 Å². The van der Waals surface area contributed by atoms with E-state index < -0.39 is 6.04 Å². The first-order chi connectivity index (χ1) is 7.63. The molecule has 1 rings (SSSR count). The average molecular weight is 259 g/mol. The Hall–Kier alpha value is -1.26. The summed E-state index contributed by atoms with van der Waals surface area (Å²) in [6, 6.07) is 6.77. The number of carbonyl (C=O) groups excluding carboxylic acids is 1. The molecule has 1 amide bonds. The Kier molecular flexibility index (Phi) is 7.34. The van der Waals surface area contributed by atoms with Crippen molar-refractivity contribution in [2.45, 2.75) is 26.3 Å². The highest BCUT2D eigenvalue weighted by molar-refractivity contribution is 5.94. The number of amides is 1. The minimum absolute atomic E-state index is 0. The molecule has 0 radical (unpaired) electrons. The molecule has 0 aliphatic carbocycles. The lowest BCUT2D eigenvalue weighted by Crippen LogP contribution is -2.32. The maximum atomic E-state index is 11.4. The Morgan fingerprint density at radius 2 is 2.24 bits per heavy atom. The number of nitrogens with one attached hydrogen (secondary N) is 1. The monoisotopic (exact) mass is 258 g/mol. The van der Waals surface area contributed by atoms with Gasteiger partial charge in [0.2, 0.25) is 5.91 Å². The first-order valence-corrected chi connectivity index (χ1v) is 5.42. The molecule has 1 aromatic rings. The van der Waals surface area contributed by atoms with Gasteiger partial charge in [-0.25, -0.2) is 0 Å². The minimum atomic E-state index is -0.514. The lowest BCUT2D eigenvalue weighted by atomic mass is 10.2. The Morgan fingerprint density at radius 3 is 2.82 bits per heavy atom. The van der Waals surface area contributed by atoms with Gasteiger partial charge in [-0.3, -0.25) is 4.79 Å². The highest BCUT2D eigenvalue weighted by Gasteiger charge is 2.07. The van der Waals surface area contributed by atoms with Crippen LogP contribution in [0.1, 0.15) is 20.3 Å². The summed E-state index contributed by atoms with van der Waals surface area (Å²) in [5.41, 5.74) is 6.16. The van der Waals surface area contributed by atoms with E-state index in [0.717, 1.165) is 12.2 Å². The molecule has 17 heavy (non-hydrogen) atoms. The van der Waals surface area contributed by atoms with Gasteiger partial charge in [0.1, 0.15) is 5.75 Å². The van der Waals surface area contributed by atoms with Crippen LogP contribution >= 0.6 is 12.4 Å². The van der Waals surface area contributed by atoms with Gasteiger partial charge in [-0.15, -0.1) is 12.4 Å². The van der Waals surface area contributed by atoms with Crippen molar-refractivity contribution in [3.63, 3.8) is 0 Å². The molecule has 4 nitrogen and oxygen atoms in total. The van der Waals surface area contributed by atoms with E-state index in [9.17, 15) is 4.79 Å². The fourth-order valence-corrected chi connectivity index (χ4v) is 1.14. The van der Waals surface area contributed by atoms with Gasteiger partial charge in [0.05, 0.1) is 12.6 Å². The van der Waals surface area contributed by atoms with E-state index in [1.165, 1.54) is 0 Å². The molecule has 0 saturated heterocycles. The molecule has 0 bridgehead atoms. The summed E-state index contributed by atoms with van der Waals surface area (Å²) in [6.07, 6.45) is 0.955. The first kappa shape index (κ1) is 15.7. The van der Waals surface area contributed by atoms with E-state index in [-0.39, 0.29) is 18.3 Å². The van der Waals surface area contributed by atoms with Gasteiger partial charge < -0.3 is 15.8 Å². The Bertz CT molecular complexity index is 356. The van der Waals surface area contributed by atoms with E-state index in [1.807, 2.05) is 19.1 Å². The highest BCUT2D eigenvalue weighted by Crippen LogP contribution is 2.17. The summed E-state index contributed by atoms with van der Waals surface area (Å²) in [7, 11) is 0. The van der Waals surface area contributed by atoms with Crippen molar-refractivity contribution in [1.29, 1.82) is 0 Å². The summed E-state index contributed by atoms with van der Waals surface area (Å²) >= 11 is 0. The second-order valence-electron chi connectivity index (χ2n) is 3.65. The molecule has 0 fully saturated rings. The molecule has 0 aliphatic heterocycles. The number of nitrogens with two attached hydrogens (primary N) is 1. The Labute approximate surface area is 108 Å². The Balaban J connectivity index is 0.00000256. The van der Waals surface area contributed by atoms with Crippen molar-refractivity contribution < 1.29 is 9.53 Å². The third-order valence-electron chi connectivity index (χ3n) is 1.99. The Morgan fingerprint density at radius 1 is 1.53 bits per heavy atom. The average Bonchev–Trinajstić information content (AvgIpc) is 2.26. The van der Waals surface area contributed by atoms with Crippen LogP contribution in [-0.4, -0.2) is 18.6 Å². The fraction of sp³-hybridized carbons (Fsp3) is 0.417. The van der Waals surface area contributed by atoms with E-state index >= 15 is 0 Å². The lowest BCUT2D eigenvalue weighted by Gasteiger charge is -2.09. The molecule has 3 N–H and O–H groups in total. The lowest BCUT2D eigenvalue weighted by molar-refractivity contribution is -0.117. The molecule has 0 aromatic heterocycles. The molecular weight excluding hydrogens is 240 g/mol. The molecule has 0 saturated carbocycles. The van der Waals surface area contributed by atoms with Gasteiger partial charge in [-0.2, -0.15) is 0 Å². The third kappa shape index (κ3) is 5.56. The number of ether oxygens (including phenoxy) is 1. The molecule has 1 atom stereocenters. The van der Waals surface area contributed by atoms with Crippen LogP contribution < -0.4 is 15.8 Å². The van der Waals surface area contributed by atoms with Crippen molar-refractivity contribution >= 4 is 24.0 Å². The van der Waals surface area contributed by atoms with Crippen LogP contribution in [0.25, 0.3) is 0 Å².